The van der Waals surface area contributed by atoms with Gasteiger partial charge in [0.2, 0.25) is 0 Å². The number of fused-ring (bicyclic) bond motifs is 1. The summed E-state index contributed by atoms with van der Waals surface area (Å²) in [6.45, 7) is 0.537. The number of hydrogen-bond acceptors (Lipinski definition) is 5. The van der Waals surface area contributed by atoms with E-state index >= 15 is 0 Å². The van der Waals surface area contributed by atoms with E-state index < -0.39 is 29.2 Å². The van der Waals surface area contributed by atoms with Crippen LogP contribution in [-0.2, 0) is 12.4 Å². The standard InChI is InChI=1S/C26H18F6N4O/c1-35-15-36(23-8-3-2-7-22(23)35)17-5-4-6-18(11-17)37-24-12-21(34-14-19(24)26(30,31)32)20-10-9-16(13-33-20)25(27,28)29/h2-14H,15H2,1H3. The van der Waals surface area contributed by atoms with Crippen LogP contribution in [0.25, 0.3) is 11.4 Å². The minimum atomic E-state index is -4.78. The van der Waals surface area contributed by atoms with Gasteiger partial charge >= 0.3 is 12.4 Å². The molecule has 5 rings (SSSR count). The molecule has 4 aromatic rings. The highest BCUT2D eigenvalue weighted by Gasteiger charge is 2.36. The fourth-order valence-corrected chi connectivity index (χ4v) is 4.03. The van der Waals surface area contributed by atoms with Crippen molar-refractivity contribution < 1.29 is 31.1 Å². The molecule has 1 aliphatic rings. The Morgan fingerprint density at radius 2 is 1.49 bits per heavy atom. The number of hydrogen-bond donors (Lipinski definition) is 0. The van der Waals surface area contributed by atoms with E-state index in [1.807, 2.05) is 47.2 Å². The number of benzene rings is 2. The smallest absolute Gasteiger partial charge is 0.421 e. The molecular weight excluding hydrogens is 498 g/mol. The largest absolute Gasteiger partial charge is 0.457 e. The van der Waals surface area contributed by atoms with Gasteiger partial charge in [-0.15, -0.1) is 0 Å². The van der Waals surface area contributed by atoms with E-state index in [-0.39, 0.29) is 17.1 Å². The minimum absolute atomic E-state index is 0.0305. The molecule has 0 unspecified atom stereocenters. The summed E-state index contributed by atoms with van der Waals surface area (Å²) in [4.78, 5) is 11.5. The molecule has 11 heteroatoms. The number of pyridine rings is 2. The molecule has 1 aliphatic heterocycles. The molecule has 0 radical (unpaired) electrons. The molecule has 5 nitrogen and oxygen atoms in total. The van der Waals surface area contributed by atoms with E-state index in [2.05, 4.69) is 9.97 Å². The average molecular weight is 516 g/mol. The average Bonchev–Trinajstić information content (AvgIpc) is 3.20. The maximum atomic E-state index is 13.7. The fraction of sp³-hybridized carbons (Fsp3) is 0.154. The lowest BCUT2D eigenvalue weighted by molar-refractivity contribution is -0.139. The number of alkyl halides is 6. The number of rotatable bonds is 4. The molecule has 0 saturated heterocycles. The lowest BCUT2D eigenvalue weighted by Gasteiger charge is -2.21. The van der Waals surface area contributed by atoms with E-state index in [4.69, 9.17) is 4.74 Å². The Morgan fingerprint density at radius 1 is 0.757 bits per heavy atom. The van der Waals surface area contributed by atoms with Gasteiger partial charge in [0.05, 0.1) is 35.0 Å². The second kappa shape index (κ2) is 8.99. The Balaban J connectivity index is 1.49. The molecule has 0 atom stereocenters. The summed E-state index contributed by atoms with van der Waals surface area (Å²) in [7, 11) is 1.93. The highest BCUT2D eigenvalue weighted by Crippen LogP contribution is 2.42. The van der Waals surface area contributed by atoms with Gasteiger partial charge in [-0.1, -0.05) is 18.2 Å². The summed E-state index contributed by atoms with van der Waals surface area (Å²) in [5, 5.41) is 0. The lowest BCUT2D eigenvalue weighted by Crippen LogP contribution is -2.23. The molecule has 0 bridgehead atoms. The first-order chi connectivity index (χ1) is 17.5. The topological polar surface area (TPSA) is 41.5 Å². The zero-order valence-corrected chi connectivity index (χ0v) is 19.2. The van der Waals surface area contributed by atoms with Gasteiger partial charge in [-0.25, -0.2) is 0 Å². The maximum absolute atomic E-state index is 13.7. The van der Waals surface area contributed by atoms with E-state index in [0.717, 1.165) is 29.6 Å². The first-order valence-electron chi connectivity index (χ1n) is 11.0. The fourth-order valence-electron chi connectivity index (χ4n) is 4.03. The Kier molecular flexibility index (Phi) is 5.93. The van der Waals surface area contributed by atoms with Crippen molar-refractivity contribution >= 4 is 17.1 Å². The van der Waals surface area contributed by atoms with Crippen molar-refractivity contribution in [2.45, 2.75) is 12.4 Å². The van der Waals surface area contributed by atoms with Gasteiger partial charge in [-0.3, -0.25) is 9.97 Å². The molecule has 0 aliphatic carbocycles. The summed E-state index contributed by atoms with van der Waals surface area (Å²) in [5.74, 6) is -0.400. The van der Waals surface area contributed by atoms with Crippen LogP contribution in [0.2, 0.25) is 0 Å². The van der Waals surface area contributed by atoms with Gasteiger partial charge in [-0.05, 0) is 36.4 Å². The van der Waals surface area contributed by atoms with Crippen LogP contribution < -0.4 is 14.5 Å². The molecule has 190 valence electrons. The summed E-state index contributed by atoms with van der Waals surface area (Å²) in [6.07, 6.45) is -8.19. The predicted molar refractivity (Wildman–Crippen MR) is 126 cm³/mol. The summed E-state index contributed by atoms with van der Waals surface area (Å²) in [5.41, 5.74) is 0.459. The third-order valence-electron chi connectivity index (χ3n) is 5.82. The number of ether oxygens (including phenoxy) is 1. The van der Waals surface area contributed by atoms with E-state index in [1.54, 1.807) is 12.1 Å². The molecule has 37 heavy (non-hydrogen) atoms. The molecular formula is C26H18F6N4O. The quantitative estimate of drug-likeness (QED) is 0.263. The third kappa shape index (κ3) is 4.89. The SMILES string of the molecule is CN1CN(c2cccc(Oc3cc(-c4ccc(C(F)(F)F)cn4)ncc3C(F)(F)F)c2)c2ccccc21. The summed E-state index contributed by atoms with van der Waals surface area (Å²) < 4.78 is 85.4. The van der Waals surface area contributed by atoms with Crippen molar-refractivity contribution in [1.29, 1.82) is 0 Å². The molecule has 0 amide bonds. The van der Waals surface area contributed by atoms with Crippen molar-refractivity contribution in [3.8, 4) is 22.9 Å². The zero-order chi connectivity index (χ0) is 26.4. The summed E-state index contributed by atoms with van der Waals surface area (Å²) >= 11 is 0. The first-order valence-corrected chi connectivity index (χ1v) is 11.0. The van der Waals surface area contributed by atoms with Gasteiger partial charge in [-0.2, -0.15) is 26.3 Å². The number of halogens is 6. The number of nitrogens with zero attached hydrogens (tertiary/aromatic N) is 4. The van der Waals surface area contributed by atoms with Crippen molar-refractivity contribution in [3.63, 3.8) is 0 Å². The number of aromatic nitrogens is 2. The van der Waals surface area contributed by atoms with Crippen molar-refractivity contribution in [2.24, 2.45) is 0 Å². The second-order valence-corrected chi connectivity index (χ2v) is 8.35. The van der Waals surface area contributed by atoms with E-state index in [0.29, 0.717) is 24.7 Å². The van der Waals surface area contributed by atoms with Crippen molar-refractivity contribution in [1.82, 2.24) is 9.97 Å². The van der Waals surface area contributed by atoms with Crippen LogP contribution in [0.4, 0.5) is 43.4 Å². The Labute approximate surface area is 207 Å². The van der Waals surface area contributed by atoms with E-state index in [9.17, 15) is 26.3 Å². The molecule has 0 N–H and O–H groups in total. The number of anilines is 3. The molecule has 3 heterocycles. The minimum Gasteiger partial charge on any atom is -0.457 e. The van der Waals surface area contributed by atoms with Crippen LogP contribution in [0.1, 0.15) is 11.1 Å². The maximum Gasteiger partial charge on any atom is 0.421 e. The van der Waals surface area contributed by atoms with Gasteiger partial charge in [0.25, 0.3) is 0 Å². The van der Waals surface area contributed by atoms with Crippen LogP contribution in [0.5, 0.6) is 11.5 Å². The summed E-state index contributed by atoms with van der Waals surface area (Å²) in [6, 6.07) is 17.2. The normalized spacial score (nSPS) is 13.6. The predicted octanol–water partition coefficient (Wildman–Crippen LogP) is 7.52. The van der Waals surface area contributed by atoms with Crippen molar-refractivity contribution in [3.05, 3.63) is 90.3 Å². The second-order valence-electron chi connectivity index (χ2n) is 8.35. The van der Waals surface area contributed by atoms with Crippen LogP contribution >= 0.6 is 0 Å². The lowest BCUT2D eigenvalue weighted by atomic mass is 10.1. The van der Waals surface area contributed by atoms with Gasteiger partial charge in [0.15, 0.2) is 0 Å². The van der Waals surface area contributed by atoms with Crippen LogP contribution in [0, 0.1) is 0 Å². The van der Waals surface area contributed by atoms with Crippen LogP contribution in [0.15, 0.2) is 79.1 Å². The zero-order valence-electron chi connectivity index (χ0n) is 19.2. The Bertz CT molecular complexity index is 1440. The molecule has 0 saturated carbocycles. The monoisotopic (exact) mass is 516 g/mol. The Morgan fingerprint density at radius 3 is 2.16 bits per heavy atom. The first kappa shape index (κ1) is 24.4. The van der Waals surface area contributed by atoms with Crippen molar-refractivity contribution in [2.75, 3.05) is 23.5 Å². The molecule has 0 fully saturated rings. The van der Waals surface area contributed by atoms with Crippen LogP contribution in [-0.4, -0.2) is 23.7 Å². The highest BCUT2D eigenvalue weighted by atomic mass is 19.4. The Hall–Kier alpha value is -4.28. The number of para-hydroxylation sites is 2. The van der Waals surface area contributed by atoms with Gasteiger partial charge in [0.1, 0.15) is 17.1 Å². The van der Waals surface area contributed by atoms with E-state index in [1.165, 1.54) is 6.07 Å². The van der Waals surface area contributed by atoms with Gasteiger partial charge in [0, 0.05) is 37.3 Å². The molecule has 2 aromatic heterocycles. The van der Waals surface area contributed by atoms with Gasteiger partial charge < -0.3 is 14.5 Å². The highest BCUT2D eigenvalue weighted by molar-refractivity contribution is 5.82. The third-order valence-corrected chi connectivity index (χ3v) is 5.82. The molecule has 0 spiro atoms. The molecule has 2 aromatic carbocycles. The van der Waals surface area contributed by atoms with Crippen LogP contribution in [0.3, 0.4) is 0 Å².